The van der Waals surface area contributed by atoms with E-state index in [9.17, 15) is 14.9 Å². The molecule has 0 aliphatic carbocycles. The molecule has 1 heterocycles. The van der Waals surface area contributed by atoms with Gasteiger partial charge in [-0.1, -0.05) is 58.7 Å². The van der Waals surface area contributed by atoms with Crippen molar-refractivity contribution in [3.8, 4) is 5.75 Å². The number of para-hydroxylation sites is 1. The molecule has 0 bridgehead atoms. The summed E-state index contributed by atoms with van der Waals surface area (Å²) in [5, 5.41) is 16.4. The monoisotopic (exact) mass is 520 g/mol. The zero-order valence-electron chi connectivity index (χ0n) is 18.6. The number of nitro benzene ring substituents is 1. The lowest BCUT2D eigenvalue weighted by atomic mass is 10.1. The number of hydrogen-bond donors (Lipinski definition) is 0. The zero-order valence-corrected chi connectivity index (χ0v) is 20.2. The summed E-state index contributed by atoms with van der Waals surface area (Å²) in [6.45, 7) is 3.99. The third-order valence-corrected chi connectivity index (χ3v) is 5.68. The molecule has 1 aromatic heterocycles. The first-order chi connectivity index (χ1) is 16.4. The van der Waals surface area contributed by atoms with Crippen LogP contribution in [0.2, 0.25) is 0 Å². The van der Waals surface area contributed by atoms with Crippen molar-refractivity contribution in [2.45, 2.75) is 26.9 Å². The van der Waals surface area contributed by atoms with Crippen LogP contribution < -0.4 is 10.3 Å². The van der Waals surface area contributed by atoms with E-state index in [0.29, 0.717) is 28.7 Å². The average Bonchev–Trinajstić information content (AvgIpc) is 2.82. The van der Waals surface area contributed by atoms with Crippen LogP contribution in [0.25, 0.3) is 10.9 Å². The summed E-state index contributed by atoms with van der Waals surface area (Å²) < 4.78 is 7.86. The Hall–Kier alpha value is -3.85. The Kier molecular flexibility index (Phi) is 6.83. The Morgan fingerprint density at radius 2 is 1.97 bits per heavy atom. The lowest BCUT2D eigenvalue weighted by Gasteiger charge is -2.11. The number of ether oxygens (including phenoxy) is 1. The summed E-state index contributed by atoms with van der Waals surface area (Å²) in [6, 6.07) is 17.6. The molecular weight excluding hydrogens is 500 g/mol. The predicted molar refractivity (Wildman–Crippen MR) is 135 cm³/mol. The molecule has 0 N–H and O–H groups in total. The fourth-order valence-electron chi connectivity index (χ4n) is 3.56. The van der Waals surface area contributed by atoms with Crippen LogP contribution >= 0.6 is 15.9 Å². The number of aryl methyl sites for hydroxylation is 2. The second-order valence-corrected chi connectivity index (χ2v) is 8.55. The zero-order chi connectivity index (χ0) is 24.2. The van der Waals surface area contributed by atoms with E-state index in [4.69, 9.17) is 4.74 Å². The Labute approximate surface area is 203 Å². The maximum atomic E-state index is 13.1. The Balaban J connectivity index is 1.77. The minimum absolute atomic E-state index is 0.0837. The van der Waals surface area contributed by atoms with Crippen molar-refractivity contribution in [2.75, 3.05) is 0 Å². The average molecular weight is 521 g/mol. The Morgan fingerprint density at radius 3 is 2.71 bits per heavy atom. The molecule has 0 amide bonds. The van der Waals surface area contributed by atoms with E-state index >= 15 is 0 Å². The highest BCUT2D eigenvalue weighted by Gasteiger charge is 2.19. The maximum Gasteiger partial charge on any atom is 0.311 e. The molecule has 4 aromatic rings. The molecule has 3 aromatic carbocycles. The van der Waals surface area contributed by atoms with Gasteiger partial charge in [-0.25, -0.2) is 4.98 Å². The molecule has 8 nitrogen and oxygen atoms in total. The summed E-state index contributed by atoms with van der Waals surface area (Å²) >= 11 is 3.38. The summed E-state index contributed by atoms with van der Waals surface area (Å²) in [7, 11) is 0. The molecule has 9 heteroatoms. The summed E-state index contributed by atoms with van der Waals surface area (Å²) in [5.74, 6) is 0.559. The van der Waals surface area contributed by atoms with Crippen molar-refractivity contribution in [1.82, 2.24) is 9.66 Å². The number of hydrogen-bond acceptors (Lipinski definition) is 6. The van der Waals surface area contributed by atoms with Gasteiger partial charge in [-0.05, 0) is 36.8 Å². The second-order valence-electron chi connectivity index (χ2n) is 7.63. The molecule has 0 saturated carbocycles. The summed E-state index contributed by atoms with van der Waals surface area (Å²) in [6.07, 6.45) is 1.87. The van der Waals surface area contributed by atoms with Crippen LogP contribution in [-0.2, 0) is 13.0 Å². The van der Waals surface area contributed by atoms with Crippen molar-refractivity contribution >= 4 is 38.7 Å². The van der Waals surface area contributed by atoms with E-state index in [1.54, 1.807) is 24.3 Å². The molecule has 0 saturated heterocycles. The van der Waals surface area contributed by atoms with Gasteiger partial charge >= 0.3 is 5.69 Å². The predicted octanol–water partition coefficient (Wildman–Crippen LogP) is 5.40. The van der Waals surface area contributed by atoms with Gasteiger partial charge in [-0.2, -0.15) is 9.78 Å². The molecule has 0 spiro atoms. The van der Waals surface area contributed by atoms with Crippen molar-refractivity contribution in [2.24, 2.45) is 5.10 Å². The van der Waals surface area contributed by atoms with Crippen molar-refractivity contribution in [3.63, 3.8) is 0 Å². The third kappa shape index (κ3) is 4.89. The van der Waals surface area contributed by atoms with E-state index in [0.717, 1.165) is 15.6 Å². The minimum Gasteiger partial charge on any atom is -0.481 e. The van der Waals surface area contributed by atoms with E-state index in [1.807, 2.05) is 44.2 Å². The van der Waals surface area contributed by atoms with Crippen LogP contribution in [0.1, 0.15) is 29.4 Å². The lowest BCUT2D eigenvalue weighted by molar-refractivity contribution is -0.385. The highest BCUT2D eigenvalue weighted by molar-refractivity contribution is 9.10. The molecule has 0 aliphatic rings. The fraction of sp³-hybridized carbons (Fsp3) is 0.160. The smallest absolute Gasteiger partial charge is 0.311 e. The van der Waals surface area contributed by atoms with Crippen LogP contribution in [0.3, 0.4) is 0 Å². The molecule has 0 atom stereocenters. The SMILES string of the molecule is CCc1nc2ccc(Br)cc2c(=O)n1N=Cc1cccc([N+](=O)[O-])c1OCc1cccc(C)c1. The highest BCUT2D eigenvalue weighted by atomic mass is 79.9. The van der Waals surface area contributed by atoms with Gasteiger partial charge in [-0.15, -0.1) is 0 Å². The number of rotatable bonds is 7. The third-order valence-electron chi connectivity index (χ3n) is 5.19. The van der Waals surface area contributed by atoms with Gasteiger partial charge in [0.2, 0.25) is 5.75 Å². The van der Waals surface area contributed by atoms with Crippen molar-refractivity contribution in [1.29, 1.82) is 0 Å². The number of nitro groups is 1. The quantitative estimate of drug-likeness (QED) is 0.184. The van der Waals surface area contributed by atoms with E-state index < -0.39 is 4.92 Å². The van der Waals surface area contributed by atoms with Gasteiger partial charge in [0.15, 0.2) is 0 Å². The van der Waals surface area contributed by atoms with Crippen molar-refractivity contribution < 1.29 is 9.66 Å². The summed E-state index contributed by atoms with van der Waals surface area (Å²) in [4.78, 5) is 28.8. The first-order valence-corrected chi connectivity index (χ1v) is 11.4. The van der Waals surface area contributed by atoms with Crippen LogP contribution in [-0.4, -0.2) is 20.8 Å². The standard InChI is InChI=1S/C25H21BrN4O4/c1-3-23-28-21-11-10-19(26)13-20(21)25(31)29(23)27-14-18-8-5-9-22(30(32)33)24(18)34-15-17-7-4-6-16(2)12-17/h4-14H,3,15H2,1-2H3. The topological polar surface area (TPSA) is 99.6 Å². The number of nitrogens with zero attached hydrogens (tertiary/aromatic N) is 4. The molecule has 34 heavy (non-hydrogen) atoms. The first kappa shape index (κ1) is 23.3. The fourth-order valence-corrected chi connectivity index (χ4v) is 3.93. The van der Waals surface area contributed by atoms with Gasteiger partial charge in [0.1, 0.15) is 12.4 Å². The first-order valence-electron chi connectivity index (χ1n) is 10.6. The molecule has 0 radical (unpaired) electrons. The largest absolute Gasteiger partial charge is 0.481 e. The van der Waals surface area contributed by atoms with Crippen molar-refractivity contribution in [3.05, 3.63) is 108 Å². The molecule has 172 valence electrons. The Morgan fingerprint density at radius 1 is 1.18 bits per heavy atom. The second kappa shape index (κ2) is 9.96. The number of fused-ring (bicyclic) bond motifs is 1. The van der Waals surface area contributed by atoms with Gasteiger partial charge in [0.05, 0.1) is 22.0 Å². The molecule has 0 aliphatic heterocycles. The van der Waals surface area contributed by atoms with Crippen LogP contribution in [0, 0.1) is 17.0 Å². The van der Waals surface area contributed by atoms with Gasteiger partial charge in [0, 0.05) is 22.5 Å². The molecule has 0 fully saturated rings. The number of benzene rings is 3. The normalized spacial score (nSPS) is 11.3. The molecular formula is C25H21BrN4O4. The highest BCUT2D eigenvalue weighted by Crippen LogP contribution is 2.31. The Bertz CT molecular complexity index is 1480. The van der Waals surface area contributed by atoms with E-state index in [-0.39, 0.29) is 23.6 Å². The van der Waals surface area contributed by atoms with Gasteiger partial charge in [0.25, 0.3) is 5.56 Å². The number of aromatic nitrogens is 2. The molecule has 0 unspecified atom stereocenters. The summed E-state index contributed by atoms with van der Waals surface area (Å²) in [5.41, 5.74) is 2.40. The van der Waals surface area contributed by atoms with Gasteiger partial charge in [-0.3, -0.25) is 14.9 Å². The van der Waals surface area contributed by atoms with Crippen LogP contribution in [0.4, 0.5) is 5.69 Å². The number of halogens is 1. The van der Waals surface area contributed by atoms with Crippen LogP contribution in [0.5, 0.6) is 5.75 Å². The molecule has 4 rings (SSSR count). The van der Waals surface area contributed by atoms with Gasteiger partial charge < -0.3 is 4.74 Å². The van der Waals surface area contributed by atoms with Crippen LogP contribution in [0.15, 0.2) is 75.0 Å². The minimum atomic E-state index is -0.498. The van der Waals surface area contributed by atoms with E-state index in [1.165, 1.54) is 17.0 Å². The maximum absolute atomic E-state index is 13.1. The van der Waals surface area contributed by atoms with E-state index in [2.05, 4.69) is 26.0 Å². The lowest BCUT2D eigenvalue weighted by Crippen LogP contribution is -2.22.